The molecule has 0 bridgehead atoms. The Labute approximate surface area is 103 Å². The minimum atomic E-state index is 0.453. The summed E-state index contributed by atoms with van der Waals surface area (Å²) in [6, 6.07) is 1.99. The number of rotatable bonds is 4. The summed E-state index contributed by atoms with van der Waals surface area (Å²) in [6.07, 6.45) is 2.63. The maximum atomic E-state index is 5.10. The molecule has 1 N–H and O–H groups in total. The Bertz CT molecular complexity index is 483. The van der Waals surface area contributed by atoms with Gasteiger partial charge >= 0.3 is 0 Å². The first-order chi connectivity index (χ1) is 7.69. The summed E-state index contributed by atoms with van der Waals surface area (Å²) in [6.45, 7) is 2.88. The van der Waals surface area contributed by atoms with Crippen molar-refractivity contribution in [3.63, 3.8) is 0 Å². The fraction of sp³-hybridized carbons (Fsp3) is 0.455. The van der Waals surface area contributed by atoms with Crippen LogP contribution in [0.15, 0.2) is 16.7 Å². The molecule has 1 atom stereocenters. The van der Waals surface area contributed by atoms with Gasteiger partial charge < -0.3 is 9.72 Å². The van der Waals surface area contributed by atoms with E-state index in [2.05, 4.69) is 37.8 Å². The molecule has 0 fully saturated rings. The Kier molecular flexibility index (Phi) is 3.56. The quantitative estimate of drug-likeness (QED) is 0.938. The Morgan fingerprint density at radius 1 is 1.56 bits per heavy atom. The van der Waals surface area contributed by atoms with Crippen LogP contribution in [0.4, 0.5) is 0 Å². The van der Waals surface area contributed by atoms with E-state index in [0.717, 1.165) is 34.5 Å². The molecule has 0 aromatic carbocycles. The second-order valence-corrected chi connectivity index (χ2v) is 4.89. The number of H-pyrrole nitrogens is 1. The maximum absolute atomic E-state index is 5.10. The zero-order valence-corrected chi connectivity index (χ0v) is 10.9. The molecule has 4 nitrogen and oxygen atoms in total. The monoisotopic (exact) mass is 283 g/mol. The van der Waals surface area contributed by atoms with E-state index in [9.17, 15) is 0 Å². The number of pyridine rings is 1. The normalized spacial score (nSPS) is 13.2. The van der Waals surface area contributed by atoms with Gasteiger partial charge in [0, 0.05) is 30.8 Å². The highest BCUT2D eigenvalue weighted by Crippen LogP contribution is 2.16. The summed E-state index contributed by atoms with van der Waals surface area (Å²) in [5, 5.41) is 0. The summed E-state index contributed by atoms with van der Waals surface area (Å²) < 4.78 is 6.06. The lowest BCUT2D eigenvalue weighted by Gasteiger charge is -2.06. The minimum Gasteiger partial charge on any atom is -0.384 e. The smallest absolute Gasteiger partial charge is 0.177 e. The average molecular weight is 284 g/mol. The first-order valence-corrected chi connectivity index (χ1v) is 5.97. The summed E-state index contributed by atoms with van der Waals surface area (Å²) in [5.74, 6) is 1.42. The van der Waals surface area contributed by atoms with Gasteiger partial charge in [-0.3, -0.25) is 0 Å². The highest BCUT2D eigenvalue weighted by Gasteiger charge is 2.08. The van der Waals surface area contributed by atoms with Gasteiger partial charge in [-0.2, -0.15) is 0 Å². The van der Waals surface area contributed by atoms with Crippen LogP contribution in [0, 0.1) is 5.92 Å². The van der Waals surface area contributed by atoms with Crippen LogP contribution in [-0.2, 0) is 11.2 Å². The minimum absolute atomic E-state index is 0.453. The molecule has 0 amide bonds. The number of hydrogen-bond acceptors (Lipinski definition) is 3. The largest absolute Gasteiger partial charge is 0.384 e. The molecule has 0 saturated carbocycles. The SMILES string of the molecule is COCC(C)Cc1nc2ncc(Br)cc2[nH]1. The topological polar surface area (TPSA) is 50.8 Å². The molecule has 86 valence electrons. The first kappa shape index (κ1) is 11.5. The fourth-order valence-corrected chi connectivity index (χ4v) is 2.03. The molecule has 0 aliphatic heterocycles. The molecule has 2 heterocycles. The van der Waals surface area contributed by atoms with Crippen molar-refractivity contribution >= 4 is 27.1 Å². The standard InChI is InChI=1S/C11H14BrN3O/c1-7(6-16-2)3-10-14-9-4-8(12)5-13-11(9)15-10/h4-5,7H,3,6H2,1-2H3,(H,13,14,15). The van der Waals surface area contributed by atoms with Crippen LogP contribution in [0.3, 0.4) is 0 Å². The van der Waals surface area contributed by atoms with E-state index in [1.807, 2.05) is 6.07 Å². The number of fused-ring (bicyclic) bond motifs is 1. The van der Waals surface area contributed by atoms with E-state index in [0.29, 0.717) is 5.92 Å². The molecule has 1 unspecified atom stereocenters. The van der Waals surface area contributed by atoms with Crippen molar-refractivity contribution in [1.82, 2.24) is 15.0 Å². The van der Waals surface area contributed by atoms with Crippen molar-refractivity contribution in [3.05, 3.63) is 22.6 Å². The molecule has 0 spiro atoms. The number of halogens is 1. The summed E-state index contributed by atoms with van der Waals surface area (Å²) in [4.78, 5) is 11.9. The number of methoxy groups -OCH3 is 1. The van der Waals surface area contributed by atoms with Crippen LogP contribution in [-0.4, -0.2) is 28.7 Å². The van der Waals surface area contributed by atoms with E-state index in [4.69, 9.17) is 4.74 Å². The van der Waals surface area contributed by atoms with E-state index in [1.165, 1.54) is 0 Å². The third-order valence-corrected chi connectivity index (χ3v) is 2.78. The van der Waals surface area contributed by atoms with Gasteiger partial charge in [-0.15, -0.1) is 0 Å². The van der Waals surface area contributed by atoms with Crippen LogP contribution in [0.25, 0.3) is 11.2 Å². The highest BCUT2D eigenvalue weighted by molar-refractivity contribution is 9.10. The summed E-state index contributed by atoms with van der Waals surface area (Å²) in [7, 11) is 1.72. The maximum Gasteiger partial charge on any atom is 0.177 e. The van der Waals surface area contributed by atoms with Crippen LogP contribution < -0.4 is 0 Å². The van der Waals surface area contributed by atoms with Crippen LogP contribution in [0.2, 0.25) is 0 Å². The highest BCUT2D eigenvalue weighted by atomic mass is 79.9. The van der Waals surface area contributed by atoms with Gasteiger partial charge in [0.05, 0.1) is 5.52 Å². The van der Waals surface area contributed by atoms with Gasteiger partial charge in [0.2, 0.25) is 0 Å². The molecule has 5 heteroatoms. The summed E-state index contributed by atoms with van der Waals surface area (Å²) in [5.41, 5.74) is 1.73. The van der Waals surface area contributed by atoms with Crippen molar-refractivity contribution in [2.75, 3.05) is 13.7 Å². The second-order valence-electron chi connectivity index (χ2n) is 3.97. The van der Waals surface area contributed by atoms with Crippen LogP contribution in [0.1, 0.15) is 12.7 Å². The van der Waals surface area contributed by atoms with Gasteiger partial charge in [0.1, 0.15) is 5.82 Å². The van der Waals surface area contributed by atoms with E-state index in [1.54, 1.807) is 13.3 Å². The van der Waals surface area contributed by atoms with E-state index < -0.39 is 0 Å². The lowest BCUT2D eigenvalue weighted by Crippen LogP contribution is -2.07. The number of ether oxygens (including phenoxy) is 1. The second kappa shape index (κ2) is 4.93. The molecule has 2 aromatic rings. The van der Waals surface area contributed by atoms with Gasteiger partial charge in [0.25, 0.3) is 0 Å². The van der Waals surface area contributed by atoms with Gasteiger partial charge in [-0.1, -0.05) is 6.92 Å². The lowest BCUT2D eigenvalue weighted by atomic mass is 10.1. The van der Waals surface area contributed by atoms with E-state index >= 15 is 0 Å². The molecule has 0 saturated heterocycles. The number of aromatic amines is 1. The van der Waals surface area contributed by atoms with Crippen molar-refractivity contribution in [1.29, 1.82) is 0 Å². The molecule has 0 radical (unpaired) electrons. The van der Waals surface area contributed by atoms with Crippen molar-refractivity contribution in [2.24, 2.45) is 5.92 Å². The number of imidazole rings is 1. The van der Waals surface area contributed by atoms with Gasteiger partial charge in [0.15, 0.2) is 5.65 Å². The Morgan fingerprint density at radius 2 is 2.38 bits per heavy atom. The number of nitrogens with one attached hydrogen (secondary N) is 1. The van der Waals surface area contributed by atoms with Crippen molar-refractivity contribution < 1.29 is 4.74 Å². The zero-order chi connectivity index (χ0) is 11.5. The number of aromatic nitrogens is 3. The first-order valence-electron chi connectivity index (χ1n) is 5.18. The Balaban J connectivity index is 2.19. The Hall–Kier alpha value is -0.940. The lowest BCUT2D eigenvalue weighted by molar-refractivity contribution is 0.159. The third kappa shape index (κ3) is 2.59. The molecule has 16 heavy (non-hydrogen) atoms. The molecule has 0 aliphatic carbocycles. The molecule has 2 aromatic heterocycles. The molecular formula is C11H14BrN3O. The van der Waals surface area contributed by atoms with Gasteiger partial charge in [-0.05, 0) is 27.9 Å². The molecular weight excluding hydrogens is 270 g/mol. The number of nitrogens with zero attached hydrogens (tertiary/aromatic N) is 2. The zero-order valence-electron chi connectivity index (χ0n) is 9.33. The van der Waals surface area contributed by atoms with Crippen LogP contribution >= 0.6 is 15.9 Å². The number of hydrogen-bond donors (Lipinski definition) is 1. The predicted octanol–water partition coefficient (Wildman–Crippen LogP) is 2.55. The Morgan fingerprint density at radius 3 is 3.12 bits per heavy atom. The van der Waals surface area contributed by atoms with Crippen LogP contribution in [0.5, 0.6) is 0 Å². The molecule has 0 aliphatic rings. The van der Waals surface area contributed by atoms with Crippen molar-refractivity contribution in [2.45, 2.75) is 13.3 Å². The third-order valence-electron chi connectivity index (χ3n) is 2.35. The van der Waals surface area contributed by atoms with E-state index in [-0.39, 0.29) is 0 Å². The van der Waals surface area contributed by atoms with Crippen molar-refractivity contribution in [3.8, 4) is 0 Å². The predicted molar refractivity (Wildman–Crippen MR) is 66.3 cm³/mol. The molecule has 2 rings (SSSR count). The van der Waals surface area contributed by atoms with Gasteiger partial charge in [-0.25, -0.2) is 9.97 Å². The summed E-state index contributed by atoms with van der Waals surface area (Å²) >= 11 is 3.39. The average Bonchev–Trinajstić information content (AvgIpc) is 2.59. The fourth-order valence-electron chi connectivity index (χ4n) is 1.69.